The van der Waals surface area contributed by atoms with Gasteiger partial charge in [-0.05, 0) is 30.5 Å². The molecule has 29 heavy (non-hydrogen) atoms. The van der Waals surface area contributed by atoms with E-state index in [0.29, 0.717) is 24.1 Å². The second-order valence-electron chi connectivity index (χ2n) is 7.53. The first kappa shape index (κ1) is 18.7. The molecule has 3 aromatic rings. The third kappa shape index (κ3) is 3.04. The molecule has 1 saturated heterocycles. The summed E-state index contributed by atoms with van der Waals surface area (Å²) < 4.78 is 36.1. The first-order chi connectivity index (χ1) is 14.0. The van der Waals surface area contributed by atoms with Gasteiger partial charge in [0, 0.05) is 26.2 Å². The maximum atomic E-state index is 13.2. The molecule has 0 radical (unpaired) electrons. The molecule has 0 N–H and O–H groups in total. The summed E-state index contributed by atoms with van der Waals surface area (Å²) >= 11 is 1.01. The highest BCUT2D eigenvalue weighted by molar-refractivity contribution is 7.89. The number of aromatic nitrogens is 2. The van der Waals surface area contributed by atoms with E-state index in [0.717, 1.165) is 30.1 Å². The zero-order valence-corrected chi connectivity index (χ0v) is 17.3. The zero-order chi connectivity index (χ0) is 20.1. The van der Waals surface area contributed by atoms with Crippen molar-refractivity contribution < 1.29 is 13.2 Å². The second kappa shape index (κ2) is 6.86. The minimum atomic E-state index is -3.68. The maximum Gasteiger partial charge on any atom is 0.245 e. The highest BCUT2D eigenvalue weighted by Gasteiger charge is 2.53. The lowest BCUT2D eigenvalue weighted by Gasteiger charge is -2.36. The van der Waals surface area contributed by atoms with E-state index < -0.39 is 15.4 Å². The van der Waals surface area contributed by atoms with Crippen LogP contribution in [-0.2, 0) is 20.2 Å². The molecule has 0 atom stereocenters. The zero-order valence-electron chi connectivity index (χ0n) is 15.7. The largest absolute Gasteiger partial charge is 0.339 e. The summed E-state index contributed by atoms with van der Waals surface area (Å²) in [5.74, 6) is 0.117. The molecule has 150 valence electrons. The fraction of sp³-hybridized carbons (Fsp3) is 0.350. The summed E-state index contributed by atoms with van der Waals surface area (Å²) in [6, 6.07) is 14.9. The Morgan fingerprint density at radius 1 is 0.931 bits per heavy atom. The monoisotopic (exact) mass is 428 g/mol. The number of hydrogen-bond acceptors (Lipinski definition) is 6. The molecule has 1 aliphatic heterocycles. The molecular formula is C20H20N4O3S2. The van der Waals surface area contributed by atoms with Crippen molar-refractivity contribution in [2.45, 2.75) is 23.2 Å². The Bertz CT molecular complexity index is 1160. The van der Waals surface area contributed by atoms with Gasteiger partial charge in [0.2, 0.25) is 15.9 Å². The lowest BCUT2D eigenvalue weighted by molar-refractivity contribution is -0.135. The van der Waals surface area contributed by atoms with Crippen molar-refractivity contribution in [1.29, 1.82) is 0 Å². The molecule has 1 amide bonds. The predicted molar refractivity (Wildman–Crippen MR) is 110 cm³/mol. The average Bonchev–Trinajstić information content (AvgIpc) is 3.43. The Hall–Kier alpha value is -2.36. The first-order valence-corrected chi connectivity index (χ1v) is 11.8. The van der Waals surface area contributed by atoms with Crippen molar-refractivity contribution in [3.05, 3.63) is 54.1 Å². The molecule has 2 heterocycles. The Morgan fingerprint density at radius 3 is 2.34 bits per heavy atom. The van der Waals surface area contributed by atoms with Crippen LogP contribution in [0.25, 0.3) is 11.0 Å². The van der Waals surface area contributed by atoms with Crippen LogP contribution in [0, 0.1) is 0 Å². The molecule has 2 fully saturated rings. The predicted octanol–water partition coefficient (Wildman–Crippen LogP) is 2.26. The number of sulfonamides is 1. The minimum Gasteiger partial charge on any atom is -0.339 e. The molecule has 0 bridgehead atoms. The van der Waals surface area contributed by atoms with E-state index in [1.165, 1.54) is 4.31 Å². The van der Waals surface area contributed by atoms with Gasteiger partial charge in [0.05, 0.1) is 17.1 Å². The fourth-order valence-electron chi connectivity index (χ4n) is 4.07. The summed E-state index contributed by atoms with van der Waals surface area (Å²) in [5.41, 5.74) is 1.64. The number of rotatable bonds is 4. The standard InChI is InChI=1S/C20H20N4O3S2/c25-19(20(9-10-20)15-5-2-1-3-6-15)23-11-13-24(14-12-23)29(26,27)17-8-4-7-16-18(17)22-28-21-16/h1-8H,9-14H2. The average molecular weight is 429 g/mol. The smallest absolute Gasteiger partial charge is 0.245 e. The van der Waals surface area contributed by atoms with E-state index in [9.17, 15) is 13.2 Å². The van der Waals surface area contributed by atoms with Gasteiger partial charge in [0.1, 0.15) is 15.9 Å². The van der Waals surface area contributed by atoms with Crippen LogP contribution in [0.15, 0.2) is 53.4 Å². The molecule has 0 spiro atoms. The molecule has 9 heteroatoms. The van der Waals surface area contributed by atoms with Crippen LogP contribution in [-0.4, -0.2) is 58.5 Å². The quantitative estimate of drug-likeness (QED) is 0.637. The van der Waals surface area contributed by atoms with Crippen LogP contribution in [0.5, 0.6) is 0 Å². The van der Waals surface area contributed by atoms with E-state index >= 15 is 0 Å². The molecular weight excluding hydrogens is 408 g/mol. The van der Waals surface area contributed by atoms with Gasteiger partial charge in [0.15, 0.2) is 0 Å². The van der Waals surface area contributed by atoms with Gasteiger partial charge < -0.3 is 4.90 Å². The number of nitrogens with zero attached hydrogens (tertiary/aromatic N) is 4. The van der Waals surface area contributed by atoms with Crippen LogP contribution in [0.3, 0.4) is 0 Å². The Labute approximate surface area is 173 Å². The Balaban J connectivity index is 1.33. The molecule has 2 aliphatic rings. The Kier molecular flexibility index (Phi) is 4.41. The SMILES string of the molecule is O=C(N1CCN(S(=O)(=O)c2cccc3nsnc23)CC1)C1(c2ccccc2)CC1. The molecule has 7 nitrogen and oxygen atoms in total. The number of fused-ring (bicyclic) bond motifs is 1. The van der Waals surface area contributed by atoms with Crippen LogP contribution >= 0.6 is 11.7 Å². The Morgan fingerprint density at radius 2 is 1.66 bits per heavy atom. The van der Waals surface area contributed by atoms with E-state index in [1.807, 2.05) is 35.2 Å². The van der Waals surface area contributed by atoms with Crippen molar-refractivity contribution in [2.75, 3.05) is 26.2 Å². The molecule has 0 unspecified atom stereocenters. The lowest BCUT2D eigenvalue weighted by Crippen LogP contribution is -2.52. The summed E-state index contributed by atoms with van der Waals surface area (Å²) in [7, 11) is -3.68. The third-order valence-corrected chi connectivity index (χ3v) is 8.35. The normalized spacial score (nSPS) is 19.4. The van der Waals surface area contributed by atoms with E-state index in [2.05, 4.69) is 8.75 Å². The van der Waals surface area contributed by atoms with Crippen LogP contribution < -0.4 is 0 Å². The molecule has 2 aromatic carbocycles. The number of amides is 1. The van der Waals surface area contributed by atoms with Crippen molar-refractivity contribution in [1.82, 2.24) is 18.0 Å². The summed E-state index contributed by atoms with van der Waals surface area (Å²) in [5, 5.41) is 0. The van der Waals surface area contributed by atoms with Crippen LogP contribution in [0.4, 0.5) is 0 Å². The van der Waals surface area contributed by atoms with Crippen molar-refractivity contribution in [3.8, 4) is 0 Å². The maximum absolute atomic E-state index is 13.2. The highest BCUT2D eigenvalue weighted by atomic mass is 32.2. The number of carbonyl (C=O) groups is 1. The highest BCUT2D eigenvalue weighted by Crippen LogP contribution is 2.49. The minimum absolute atomic E-state index is 0.117. The second-order valence-corrected chi connectivity index (χ2v) is 9.97. The summed E-state index contributed by atoms with van der Waals surface area (Å²) in [6.45, 7) is 1.37. The third-order valence-electron chi connectivity index (χ3n) is 5.88. The van der Waals surface area contributed by atoms with Crippen molar-refractivity contribution >= 4 is 38.7 Å². The fourth-order valence-corrected chi connectivity index (χ4v) is 6.25. The molecule has 1 aromatic heterocycles. The van der Waals surface area contributed by atoms with Crippen LogP contribution in [0.1, 0.15) is 18.4 Å². The van der Waals surface area contributed by atoms with E-state index in [1.54, 1.807) is 18.2 Å². The molecule has 1 aliphatic carbocycles. The van der Waals surface area contributed by atoms with Gasteiger partial charge in [0.25, 0.3) is 0 Å². The van der Waals surface area contributed by atoms with Gasteiger partial charge in [-0.15, -0.1) is 0 Å². The molecule has 1 saturated carbocycles. The molecule has 5 rings (SSSR count). The lowest BCUT2D eigenvalue weighted by atomic mass is 9.94. The van der Waals surface area contributed by atoms with Crippen molar-refractivity contribution in [3.63, 3.8) is 0 Å². The number of piperazine rings is 1. The summed E-state index contributed by atoms with van der Waals surface area (Å²) in [6.07, 6.45) is 1.71. The van der Waals surface area contributed by atoms with E-state index in [4.69, 9.17) is 0 Å². The topological polar surface area (TPSA) is 83.5 Å². The van der Waals surface area contributed by atoms with Crippen molar-refractivity contribution in [2.24, 2.45) is 0 Å². The van der Waals surface area contributed by atoms with Gasteiger partial charge >= 0.3 is 0 Å². The number of benzene rings is 2. The van der Waals surface area contributed by atoms with Gasteiger partial charge in [-0.1, -0.05) is 36.4 Å². The van der Waals surface area contributed by atoms with Gasteiger partial charge in [-0.3, -0.25) is 4.79 Å². The van der Waals surface area contributed by atoms with E-state index in [-0.39, 0.29) is 23.9 Å². The first-order valence-electron chi connectivity index (χ1n) is 9.59. The van der Waals surface area contributed by atoms with Gasteiger partial charge in [-0.2, -0.15) is 13.1 Å². The van der Waals surface area contributed by atoms with Gasteiger partial charge in [-0.25, -0.2) is 8.42 Å². The summed E-state index contributed by atoms with van der Waals surface area (Å²) in [4.78, 5) is 15.2. The van der Waals surface area contributed by atoms with Crippen LogP contribution in [0.2, 0.25) is 0 Å². The number of carbonyl (C=O) groups excluding carboxylic acids is 1. The number of hydrogen-bond donors (Lipinski definition) is 0.